The van der Waals surface area contributed by atoms with Gasteiger partial charge in [-0.25, -0.2) is 0 Å². The molecule has 0 aromatic heterocycles. The third kappa shape index (κ3) is 4.57. The lowest BCUT2D eigenvalue weighted by Crippen LogP contribution is -2.37. The fraction of sp³-hybridized carbons (Fsp3) is 0.929. The number of hydrogen-bond acceptors (Lipinski definition) is 1. The summed E-state index contributed by atoms with van der Waals surface area (Å²) in [6.45, 7) is 9.39. The second-order valence-corrected chi connectivity index (χ2v) is 5.17. The Hall–Kier alpha value is -0.730. The van der Waals surface area contributed by atoms with Crippen LogP contribution < -0.4 is 5.73 Å². The van der Waals surface area contributed by atoms with Crippen LogP contribution in [0.5, 0.6) is 0 Å². The van der Waals surface area contributed by atoms with Crippen LogP contribution in [0.2, 0.25) is 0 Å². The molecule has 0 heterocycles. The smallest absolute Gasteiger partial charge is 0.191 e. The fourth-order valence-corrected chi connectivity index (χ4v) is 2.69. The quantitative estimate of drug-likeness (QED) is 0.592. The molecule has 100 valence electrons. The number of guanidine groups is 1. The van der Waals surface area contributed by atoms with E-state index in [1.165, 1.54) is 32.1 Å². The van der Waals surface area contributed by atoms with Gasteiger partial charge in [-0.05, 0) is 38.5 Å². The maximum atomic E-state index is 5.99. The Morgan fingerprint density at radius 2 is 1.59 bits per heavy atom. The highest BCUT2D eigenvalue weighted by Crippen LogP contribution is 2.30. The number of rotatable bonds is 5. The molecule has 2 N–H and O–H groups in total. The summed E-state index contributed by atoms with van der Waals surface area (Å²) >= 11 is 0. The lowest BCUT2D eigenvalue weighted by atomic mass is 9.81. The highest BCUT2D eigenvalue weighted by molar-refractivity contribution is 5.77. The van der Waals surface area contributed by atoms with E-state index in [-0.39, 0.29) is 0 Å². The van der Waals surface area contributed by atoms with Crippen molar-refractivity contribution in [3.63, 3.8) is 0 Å². The summed E-state index contributed by atoms with van der Waals surface area (Å²) in [6.07, 6.45) is 6.81. The Morgan fingerprint density at radius 3 is 2.06 bits per heavy atom. The van der Waals surface area contributed by atoms with Gasteiger partial charge in [-0.2, -0.15) is 0 Å². The molecule has 17 heavy (non-hydrogen) atoms. The normalized spacial score (nSPS) is 25.9. The van der Waals surface area contributed by atoms with Crippen LogP contribution in [-0.4, -0.2) is 30.5 Å². The van der Waals surface area contributed by atoms with Crippen LogP contribution in [0, 0.1) is 11.8 Å². The van der Waals surface area contributed by atoms with E-state index in [0.717, 1.165) is 37.4 Å². The molecule has 1 aliphatic carbocycles. The van der Waals surface area contributed by atoms with Crippen molar-refractivity contribution in [2.45, 2.75) is 52.9 Å². The molecule has 0 aliphatic heterocycles. The van der Waals surface area contributed by atoms with Crippen molar-refractivity contribution in [3.8, 4) is 0 Å². The van der Waals surface area contributed by atoms with Crippen molar-refractivity contribution in [2.75, 3.05) is 19.6 Å². The summed E-state index contributed by atoms with van der Waals surface area (Å²) < 4.78 is 0. The number of aliphatic imine (C=N–C) groups is 1. The molecule has 3 heteroatoms. The molecule has 0 spiro atoms. The van der Waals surface area contributed by atoms with Gasteiger partial charge in [0.15, 0.2) is 5.96 Å². The molecule has 0 unspecified atom stereocenters. The monoisotopic (exact) mass is 239 g/mol. The minimum absolute atomic E-state index is 0.729. The van der Waals surface area contributed by atoms with E-state index >= 15 is 0 Å². The average molecular weight is 239 g/mol. The van der Waals surface area contributed by atoms with Crippen molar-refractivity contribution in [1.29, 1.82) is 0 Å². The summed E-state index contributed by atoms with van der Waals surface area (Å²) in [5, 5.41) is 0. The van der Waals surface area contributed by atoms with Crippen LogP contribution >= 0.6 is 0 Å². The van der Waals surface area contributed by atoms with E-state index in [1.54, 1.807) is 0 Å². The van der Waals surface area contributed by atoms with Gasteiger partial charge in [0.25, 0.3) is 0 Å². The van der Waals surface area contributed by atoms with Crippen LogP contribution in [-0.2, 0) is 0 Å². The summed E-state index contributed by atoms with van der Waals surface area (Å²) in [4.78, 5) is 6.68. The molecular weight excluding hydrogens is 210 g/mol. The van der Waals surface area contributed by atoms with Gasteiger partial charge in [0, 0.05) is 19.6 Å². The van der Waals surface area contributed by atoms with Crippen LogP contribution in [0.4, 0.5) is 0 Å². The van der Waals surface area contributed by atoms with Gasteiger partial charge >= 0.3 is 0 Å². The highest BCUT2D eigenvalue weighted by atomic mass is 15.2. The first kappa shape index (κ1) is 14.3. The second-order valence-electron chi connectivity index (χ2n) is 5.17. The topological polar surface area (TPSA) is 41.6 Å². The second kappa shape index (κ2) is 7.57. The predicted molar refractivity (Wildman–Crippen MR) is 75.1 cm³/mol. The Balaban J connectivity index is 2.33. The molecular formula is C14H29N3. The molecule has 0 saturated heterocycles. The molecule has 3 nitrogen and oxygen atoms in total. The minimum Gasteiger partial charge on any atom is -0.370 e. The Labute approximate surface area is 106 Å². The lowest BCUT2D eigenvalue weighted by Gasteiger charge is -2.27. The highest BCUT2D eigenvalue weighted by Gasteiger charge is 2.19. The largest absolute Gasteiger partial charge is 0.370 e. The van der Waals surface area contributed by atoms with E-state index in [2.05, 4.69) is 30.7 Å². The van der Waals surface area contributed by atoms with Crippen LogP contribution in [0.1, 0.15) is 52.9 Å². The molecule has 0 aromatic carbocycles. The number of hydrogen-bond donors (Lipinski definition) is 1. The van der Waals surface area contributed by atoms with E-state index in [9.17, 15) is 0 Å². The van der Waals surface area contributed by atoms with Crippen molar-refractivity contribution >= 4 is 5.96 Å². The average Bonchev–Trinajstić information content (AvgIpc) is 2.38. The molecule has 0 radical (unpaired) electrons. The minimum atomic E-state index is 0.729. The van der Waals surface area contributed by atoms with Crippen LogP contribution in [0.15, 0.2) is 4.99 Å². The molecule has 0 bridgehead atoms. The maximum absolute atomic E-state index is 5.99. The van der Waals surface area contributed by atoms with Gasteiger partial charge in [0.2, 0.25) is 0 Å². The molecule has 1 fully saturated rings. The summed E-state index contributed by atoms with van der Waals surface area (Å²) in [5.74, 6) is 2.47. The molecule has 1 rings (SSSR count). The maximum Gasteiger partial charge on any atom is 0.191 e. The van der Waals surface area contributed by atoms with Gasteiger partial charge < -0.3 is 10.6 Å². The van der Waals surface area contributed by atoms with Gasteiger partial charge in [0.05, 0.1) is 0 Å². The van der Waals surface area contributed by atoms with E-state index in [0.29, 0.717) is 0 Å². The molecule has 0 atom stereocenters. The Morgan fingerprint density at radius 1 is 1.06 bits per heavy atom. The Bertz CT molecular complexity index is 226. The Kier molecular flexibility index (Phi) is 6.38. The van der Waals surface area contributed by atoms with Crippen LogP contribution in [0.25, 0.3) is 0 Å². The van der Waals surface area contributed by atoms with Crippen molar-refractivity contribution in [1.82, 2.24) is 4.90 Å². The predicted octanol–water partition coefficient (Wildman–Crippen LogP) is 2.86. The lowest BCUT2D eigenvalue weighted by molar-refractivity contribution is 0.274. The summed E-state index contributed by atoms with van der Waals surface area (Å²) in [7, 11) is 0. The fourth-order valence-electron chi connectivity index (χ4n) is 2.69. The van der Waals surface area contributed by atoms with Gasteiger partial charge in [-0.1, -0.05) is 26.2 Å². The zero-order valence-corrected chi connectivity index (χ0v) is 11.8. The first-order valence-electron chi connectivity index (χ1n) is 7.26. The van der Waals surface area contributed by atoms with E-state index in [4.69, 9.17) is 5.73 Å². The third-order valence-corrected chi connectivity index (χ3v) is 4.14. The SMILES string of the molecule is CCC1CCC(CN=C(N)N(CC)CC)CC1. The van der Waals surface area contributed by atoms with Crippen LogP contribution in [0.3, 0.4) is 0 Å². The molecule has 1 aliphatic rings. The van der Waals surface area contributed by atoms with E-state index in [1.807, 2.05) is 0 Å². The van der Waals surface area contributed by atoms with Gasteiger partial charge in [-0.15, -0.1) is 0 Å². The van der Waals surface area contributed by atoms with Crippen molar-refractivity contribution < 1.29 is 0 Å². The zero-order valence-electron chi connectivity index (χ0n) is 11.8. The molecule has 0 amide bonds. The first-order valence-corrected chi connectivity index (χ1v) is 7.26. The molecule has 1 saturated carbocycles. The van der Waals surface area contributed by atoms with E-state index < -0.39 is 0 Å². The van der Waals surface area contributed by atoms with Gasteiger partial charge in [-0.3, -0.25) is 4.99 Å². The third-order valence-electron chi connectivity index (χ3n) is 4.14. The number of nitrogens with zero attached hydrogens (tertiary/aromatic N) is 2. The number of nitrogens with two attached hydrogens (primary N) is 1. The first-order chi connectivity index (χ1) is 8.21. The van der Waals surface area contributed by atoms with Crippen molar-refractivity contribution in [3.05, 3.63) is 0 Å². The summed E-state index contributed by atoms with van der Waals surface area (Å²) in [6, 6.07) is 0. The van der Waals surface area contributed by atoms with Crippen molar-refractivity contribution in [2.24, 2.45) is 22.6 Å². The summed E-state index contributed by atoms with van der Waals surface area (Å²) in [5.41, 5.74) is 5.99. The zero-order chi connectivity index (χ0) is 12.7. The molecule has 0 aromatic rings. The standard InChI is InChI=1S/C14H29N3/c1-4-12-7-9-13(10-8-12)11-16-14(15)17(5-2)6-3/h12-13H,4-11H2,1-3H3,(H2,15,16). The van der Waals surface area contributed by atoms with Gasteiger partial charge in [0.1, 0.15) is 0 Å².